The van der Waals surface area contributed by atoms with E-state index in [1.54, 1.807) is 0 Å². The van der Waals surface area contributed by atoms with Crippen LogP contribution in [0.5, 0.6) is 0 Å². The second-order valence-corrected chi connectivity index (χ2v) is 12.1. The van der Waals surface area contributed by atoms with Crippen LogP contribution in [0.2, 0.25) is 0 Å². The lowest BCUT2D eigenvalue weighted by molar-refractivity contribution is 0.673. The minimum absolute atomic E-state index is 0.889. The Hall–Kier alpha value is -6.38. The van der Waals surface area contributed by atoms with Gasteiger partial charge in [0, 0.05) is 32.9 Å². The molecule has 1 heterocycles. The first kappa shape index (κ1) is 27.9. The van der Waals surface area contributed by atoms with Gasteiger partial charge in [-0.1, -0.05) is 152 Å². The van der Waals surface area contributed by atoms with Gasteiger partial charge in [0.05, 0.1) is 5.69 Å². The molecule has 0 aliphatic rings. The van der Waals surface area contributed by atoms with Crippen LogP contribution in [0.1, 0.15) is 0 Å². The van der Waals surface area contributed by atoms with Gasteiger partial charge >= 0.3 is 0 Å². The molecular weight excluding hydrogens is 583 g/mol. The molecule has 1 aromatic heterocycles. The quantitative estimate of drug-likeness (QED) is 0.185. The highest BCUT2D eigenvalue weighted by molar-refractivity contribution is 6.23. The van der Waals surface area contributed by atoms with Gasteiger partial charge in [-0.2, -0.15) is 0 Å². The van der Waals surface area contributed by atoms with Gasteiger partial charge in [-0.25, -0.2) is 0 Å². The molecule has 0 aliphatic heterocycles. The number of fused-ring (bicyclic) bond motifs is 5. The molecule has 2 nitrogen and oxygen atoms in total. The first-order valence-electron chi connectivity index (χ1n) is 16.4. The largest absolute Gasteiger partial charge is 0.455 e. The van der Waals surface area contributed by atoms with Crippen molar-refractivity contribution in [3.8, 4) is 33.4 Å². The van der Waals surface area contributed by atoms with E-state index in [1.165, 1.54) is 22.3 Å². The van der Waals surface area contributed by atoms with Gasteiger partial charge in [0.25, 0.3) is 0 Å². The van der Waals surface area contributed by atoms with Crippen LogP contribution in [0, 0.1) is 0 Å². The molecule has 0 unspecified atom stereocenters. The standard InChI is InChI=1S/C46H31NO/c1-4-13-32(14-5-1)34-23-27-37(28-24-34)47(38-29-25-35(26-30-38)33-15-6-2-7-16-33)43-31-42-40-19-10-11-22-44(40)48-46(42)45-39(20-12-21-41(43)45)36-17-8-3-9-18-36/h1-31H. The van der Waals surface area contributed by atoms with E-state index >= 15 is 0 Å². The Morgan fingerprint density at radius 2 is 0.833 bits per heavy atom. The topological polar surface area (TPSA) is 16.4 Å². The minimum atomic E-state index is 0.889. The molecular formula is C46H31NO. The monoisotopic (exact) mass is 613 g/mol. The van der Waals surface area contributed by atoms with Gasteiger partial charge in [-0.3, -0.25) is 0 Å². The Kier molecular flexibility index (Phi) is 6.84. The van der Waals surface area contributed by atoms with Crippen molar-refractivity contribution >= 4 is 49.8 Å². The van der Waals surface area contributed by atoms with Gasteiger partial charge < -0.3 is 9.32 Å². The van der Waals surface area contributed by atoms with E-state index in [4.69, 9.17) is 4.42 Å². The predicted octanol–water partition coefficient (Wildman–Crippen LogP) is 13.2. The molecule has 9 rings (SSSR count). The van der Waals surface area contributed by atoms with Crippen LogP contribution in [-0.2, 0) is 0 Å². The molecule has 0 N–H and O–H groups in total. The number of benzene rings is 8. The molecule has 0 saturated carbocycles. The summed E-state index contributed by atoms with van der Waals surface area (Å²) in [6.07, 6.45) is 0. The molecule has 0 atom stereocenters. The molecule has 8 aromatic carbocycles. The number of para-hydroxylation sites is 1. The van der Waals surface area contributed by atoms with E-state index in [1.807, 2.05) is 6.07 Å². The number of rotatable bonds is 6. The van der Waals surface area contributed by atoms with Crippen molar-refractivity contribution in [2.75, 3.05) is 4.90 Å². The van der Waals surface area contributed by atoms with Gasteiger partial charge in [0.2, 0.25) is 0 Å². The lowest BCUT2D eigenvalue weighted by Crippen LogP contribution is -2.10. The molecule has 0 saturated heterocycles. The van der Waals surface area contributed by atoms with Crippen LogP contribution < -0.4 is 4.90 Å². The molecule has 0 fully saturated rings. The summed E-state index contributed by atoms with van der Waals surface area (Å²) >= 11 is 0. The van der Waals surface area contributed by atoms with Gasteiger partial charge in [-0.05, 0) is 69.8 Å². The normalized spacial score (nSPS) is 11.3. The summed E-state index contributed by atoms with van der Waals surface area (Å²) in [5, 5.41) is 4.45. The zero-order chi connectivity index (χ0) is 31.9. The fraction of sp³-hybridized carbons (Fsp3) is 0. The molecule has 0 aliphatic carbocycles. The van der Waals surface area contributed by atoms with E-state index in [-0.39, 0.29) is 0 Å². The minimum Gasteiger partial charge on any atom is -0.455 e. The van der Waals surface area contributed by atoms with Crippen molar-refractivity contribution in [2.24, 2.45) is 0 Å². The third-order valence-corrected chi connectivity index (χ3v) is 9.27. The Bertz CT molecular complexity index is 2430. The average Bonchev–Trinajstić information content (AvgIpc) is 3.55. The number of furan rings is 1. The van der Waals surface area contributed by atoms with Crippen molar-refractivity contribution in [1.82, 2.24) is 0 Å². The summed E-state index contributed by atoms with van der Waals surface area (Å²) in [5.41, 5.74) is 12.2. The molecule has 0 radical (unpaired) electrons. The lowest BCUT2D eigenvalue weighted by atomic mass is 9.94. The second kappa shape index (κ2) is 11.8. The first-order valence-corrected chi connectivity index (χ1v) is 16.4. The summed E-state index contributed by atoms with van der Waals surface area (Å²) in [4.78, 5) is 2.39. The summed E-state index contributed by atoms with van der Waals surface area (Å²) in [6.45, 7) is 0. The van der Waals surface area contributed by atoms with E-state index in [9.17, 15) is 0 Å². The predicted molar refractivity (Wildman–Crippen MR) is 202 cm³/mol. The SMILES string of the molecule is c1ccc(-c2ccc(N(c3ccc(-c4ccccc4)cc3)c3cc4c5ccccc5oc4c4c(-c5ccccc5)cccc34)cc2)cc1. The van der Waals surface area contributed by atoms with Crippen molar-refractivity contribution in [3.63, 3.8) is 0 Å². The van der Waals surface area contributed by atoms with Crippen molar-refractivity contribution in [2.45, 2.75) is 0 Å². The molecule has 9 aromatic rings. The zero-order valence-electron chi connectivity index (χ0n) is 26.3. The third kappa shape index (κ3) is 4.83. The second-order valence-electron chi connectivity index (χ2n) is 12.1. The van der Waals surface area contributed by atoms with Gasteiger partial charge in [-0.15, -0.1) is 0 Å². The van der Waals surface area contributed by atoms with Crippen molar-refractivity contribution < 1.29 is 4.42 Å². The first-order chi connectivity index (χ1) is 23.8. The maximum Gasteiger partial charge on any atom is 0.144 e. The highest BCUT2D eigenvalue weighted by Gasteiger charge is 2.22. The van der Waals surface area contributed by atoms with Gasteiger partial charge in [0.15, 0.2) is 0 Å². The third-order valence-electron chi connectivity index (χ3n) is 9.27. The van der Waals surface area contributed by atoms with E-state index < -0.39 is 0 Å². The van der Waals surface area contributed by atoms with Crippen molar-refractivity contribution in [1.29, 1.82) is 0 Å². The Balaban J connectivity index is 1.32. The molecule has 0 spiro atoms. The van der Waals surface area contributed by atoms with E-state index in [0.29, 0.717) is 0 Å². The Morgan fingerprint density at radius 1 is 0.354 bits per heavy atom. The number of nitrogens with zero attached hydrogens (tertiary/aromatic N) is 1. The van der Waals surface area contributed by atoms with Crippen LogP contribution in [-0.4, -0.2) is 0 Å². The van der Waals surface area contributed by atoms with Crippen LogP contribution in [0.15, 0.2) is 192 Å². The number of hydrogen-bond acceptors (Lipinski definition) is 2. The van der Waals surface area contributed by atoms with E-state index in [0.717, 1.165) is 60.9 Å². The Labute approximate surface area is 279 Å². The van der Waals surface area contributed by atoms with Crippen LogP contribution >= 0.6 is 0 Å². The van der Waals surface area contributed by atoms with Crippen LogP contribution in [0.4, 0.5) is 17.1 Å². The number of hydrogen-bond donors (Lipinski definition) is 0. The van der Waals surface area contributed by atoms with Crippen molar-refractivity contribution in [3.05, 3.63) is 188 Å². The fourth-order valence-corrected chi connectivity index (χ4v) is 6.96. The van der Waals surface area contributed by atoms with E-state index in [2.05, 4.69) is 187 Å². The summed E-state index contributed by atoms with van der Waals surface area (Å²) in [6, 6.07) is 66.8. The molecule has 0 bridgehead atoms. The fourth-order valence-electron chi connectivity index (χ4n) is 6.96. The molecule has 226 valence electrons. The molecule has 0 amide bonds. The summed E-state index contributed by atoms with van der Waals surface area (Å²) in [5.74, 6) is 0. The highest BCUT2D eigenvalue weighted by atomic mass is 16.3. The van der Waals surface area contributed by atoms with Gasteiger partial charge in [0.1, 0.15) is 11.2 Å². The maximum absolute atomic E-state index is 6.68. The molecule has 2 heteroatoms. The maximum atomic E-state index is 6.68. The zero-order valence-corrected chi connectivity index (χ0v) is 26.3. The number of anilines is 3. The lowest BCUT2D eigenvalue weighted by Gasteiger charge is -2.28. The van der Waals surface area contributed by atoms with Crippen LogP contribution in [0.3, 0.4) is 0 Å². The smallest absolute Gasteiger partial charge is 0.144 e. The summed E-state index contributed by atoms with van der Waals surface area (Å²) < 4.78 is 6.68. The molecule has 48 heavy (non-hydrogen) atoms. The van der Waals surface area contributed by atoms with Crippen LogP contribution in [0.25, 0.3) is 66.1 Å². The Morgan fingerprint density at radius 3 is 1.42 bits per heavy atom. The highest BCUT2D eigenvalue weighted by Crippen LogP contribution is 2.47. The average molecular weight is 614 g/mol. The summed E-state index contributed by atoms with van der Waals surface area (Å²) in [7, 11) is 0.